The van der Waals surface area contributed by atoms with Crippen LogP contribution in [0.2, 0.25) is 0 Å². The molecular weight excluding hydrogens is 440 g/mol. The summed E-state index contributed by atoms with van der Waals surface area (Å²) in [5.41, 5.74) is 1.38. The maximum Gasteiger partial charge on any atom is 0.387 e. The van der Waals surface area contributed by atoms with Crippen LogP contribution in [0.15, 0.2) is 52.1 Å². The topological polar surface area (TPSA) is 95.2 Å². The number of fused-ring (bicyclic) bond motifs is 1. The van der Waals surface area contributed by atoms with Gasteiger partial charge in [-0.15, -0.1) is 0 Å². The van der Waals surface area contributed by atoms with E-state index in [1.807, 2.05) is 31.2 Å². The van der Waals surface area contributed by atoms with Crippen molar-refractivity contribution >= 4 is 28.5 Å². The number of thioether (sulfide) groups is 1. The van der Waals surface area contributed by atoms with Crippen molar-refractivity contribution < 1.29 is 22.8 Å². The fourth-order valence-corrected chi connectivity index (χ4v) is 3.67. The van der Waals surface area contributed by atoms with Crippen molar-refractivity contribution in [2.45, 2.75) is 24.4 Å². The van der Waals surface area contributed by atoms with Gasteiger partial charge in [0, 0.05) is 17.5 Å². The molecule has 0 atom stereocenters. The molecule has 1 N–H and O–H groups in total. The number of para-hydroxylation sites is 1. The molecule has 0 aliphatic carbocycles. The van der Waals surface area contributed by atoms with Crippen molar-refractivity contribution in [1.29, 1.82) is 0 Å². The van der Waals surface area contributed by atoms with Gasteiger partial charge in [-0.25, -0.2) is 9.97 Å². The van der Waals surface area contributed by atoms with E-state index in [0.29, 0.717) is 28.2 Å². The Morgan fingerprint density at radius 2 is 1.94 bits per heavy atom. The zero-order valence-corrected chi connectivity index (χ0v) is 18.0. The molecule has 0 spiro atoms. The van der Waals surface area contributed by atoms with Gasteiger partial charge in [0.05, 0.1) is 18.4 Å². The number of halogens is 2. The molecule has 0 amide bonds. The number of benzene rings is 2. The van der Waals surface area contributed by atoms with E-state index in [0.717, 1.165) is 23.3 Å². The molecule has 11 heteroatoms. The van der Waals surface area contributed by atoms with Crippen LogP contribution in [0.3, 0.4) is 0 Å². The monoisotopic (exact) mass is 459 g/mol. The fourth-order valence-electron chi connectivity index (χ4n) is 2.98. The summed E-state index contributed by atoms with van der Waals surface area (Å²) < 4.78 is 39.9. The number of nitrogens with one attached hydrogen (secondary N) is 1. The van der Waals surface area contributed by atoms with Gasteiger partial charge >= 0.3 is 6.61 Å². The minimum atomic E-state index is -2.95. The van der Waals surface area contributed by atoms with E-state index in [-0.39, 0.29) is 11.5 Å². The van der Waals surface area contributed by atoms with E-state index in [9.17, 15) is 8.78 Å². The summed E-state index contributed by atoms with van der Waals surface area (Å²) in [6.07, 6.45) is 0. The molecule has 8 nitrogen and oxygen atoms in total. The molecule has 0 fully saturated rings. The Hall–Kier alpha value is -3.47. The Balaban J connectivity index is 1.51. The summed E-state index contributed by atoms with van der Waals surface area (Å²) in [5, 5.41) is 8.75. The quantitative estimate of drug-likeness (QED) is 0.274. The first kappa shape index (κ1) is 21.8. The molecule has 0 aliphatic heterocycles. The van der Waals surface area contributed by atoms with Gasteiger partial charge in [-0.3, -0.25) is 0 Å². The average Bonchev–Trinajstić information content (AvgIpc) is 3.27. The van der Waals surface area contributed by atoms with Crippen molar-refractivity contribution in [2.24, 2.45) is 0 Å². The second-order valence-corrected chi connectivity index (χ2v) is 7.39. The summed E-state index contributed by atoms with van der Waals surface area (Å²) in [4.78, 5) is 13.5. The molecule has 0 radical (unpaired) electrons. The highest BCUT2D eigenvalue weighted by Gasteiger charge is 2.16. The van der Waals surface area contributed by atoms with Crippen molar-refractivity contribution in [3.8, 4) is 22.9 Å². The Labute approximate surface area is 186 Å². The predicted molar refractivity (Wildman–Crippen MR) is 116 cm³/mol. The number of nitrogens with zero attached hydrogens (tertiary/aromatic N) is 4. The summed E-state index contributed by atoms with van der Waals surface area (Å²) in [7, 11) is 1.36. The van der Waals surface area contributed by atoms with Crippen LogP contribution in [0.25, 0.3) is 22.3 Å². The minimum absolute atomic E-state index is 0.0736. The third-order valence-electron chi connectivity index (χ3n) is 4.36. The van der Waals surface area contributed by atoms with Crippen LogP contribution in [0.5, 0.6) is 11.5 Å². The molecule has 0 saturated carbocycles. The highest BCUT2D eigenvalue weighted by atomic mass is 32.2. The maximum atomic E-state index is 12.5. The van der Waals surface area contributed by atoms with Gasteiger partial charge in [0.25, 0.3) is 0 Å². The van der Waals surface area contributed by atoms with Crippen molar-refractivity contribution in [2.75, 3.05) is 19.0 Å². The minimum Gasteiger partial charge on any atom is -0.493 e. The number of hydrogen-bond donors (Lipinski definition) is 1. The zero-order chi connectivity index (χ0) is 22.5. The first-order chi connectivity index (χ1) is 15.6. The third kappa shape index (κ3) is 4.88. The average molecular weight is 459 g/mol. The predicted octanol–water partition coefficient (Wildman–Crippen LogP) is 5.01. The van der Waals surface area contributed by atoms with E-state index in [4.69, 9.17) is 9.26 Å². The number of alkyl halides is 2. The van der Waals surface area contributed by atoms with Gasteiger partial charge in [-0.1, -0.05) is 29.1 Å². The molecular formula is C21H19F2N5O3S. The van der Waals surface area contributed by atoms with Crippen molar-refractivity contribution in [1.82, 2.24) is 20.1 Å². The standard InChI is InChI=1S/C21H19F2N5O3S/c1-3-24-19-13-6-4-5-7-14(13)25-21(27-19)32-11-17-26-18(28-31-17)12-8-9-15(30-20(22)23)16(10-12)29-2/h4-10,20H,3,11H2,1-2H3,(H,24,25,27). The number of aromatic nitrogens is 4. The van der Waals surface area contributed by atoms with Gasteiger partial charge < -0.3 is 19.3 Å². The SMILES string of the molecule is CCNc1nc(SCc2nc(-c3ccc(OC(F)F)c(OC)c3)no2)nc2ccccc12. The first-order valence-corrected chi connectivity index (χ1v) is 10.6. The number of anilines is 1. The molecule has 4 rings (SSSR count). The lowest BCUT2D eigenvalue weighted by atomic mass is 10.2. The lowest BCUT2D eigenvalue weighted by molar-refractivity contribution is -0.0512. The second kappa shape index (κ2) is 9.77. The van der Waals surface area contributed by atoms with E-state index in [2.05, 4.69) is 30.2 Å². The van der Waals surface area contributed by atoms with E-state index < -0.39 is 6.61 Å². The maximum absolute atomic E-state index is 12.5. The van der Waals surface area contributed by atoms with E-state index >= 15 is 0 Å². The summed E-state index contributed by atoms with van der Waals surface area (Å²) in [6, 6.07) is 12.2. The molecule has 4 aromatic rings. The Kier molecular flexibility index (Phi) is 6.64. The van der Waals surface area contributed by atoms with Crippen LogP contribution >= 0.6 is 11.8 Å². The Bertz CT molecular complexity index is 1220. The zero-order valence-electron chi connectivity index (χ0n) is 17.2. The molecule has 2 heterocycles. The van der Waals surface area contributed by atoms with Crippen LogP contribution in [-0.4, -0.2) is 40.4 Å². The molecule has 0 bridgehead atoms. The molecule has 2 aromatic carbocycles. The van der Waals surface area contributed by atoms with Crippen LogP contribution in [0, 0.1) is 0 Å². The molecule has 0 unspecified atom stereocenters. The summed E-state index contributed by atoms with van der Waals surface area (Å²) in [6.45, 7) is -0.206. The lowest BCUT2D eigenvalue weighted by Gasteiger charge is -2.10. The second-order valence-electron chi connectivity index (χ2n) is 6.45. The van der Waals surface area contributed by atoms with Crippen molar-refractivity contribution in [3.63, 3.8) is 0 Å². The molecule has 0 aliphatic rings. The highest BCUT2D eigenvalue weighted by molar-refractivity contribution is 7.98. The molecule has 2 aromatic heterocycles. The van der Waals surface area contributed by atoms with Gasteiger partial charge in [0.2, 0.25) is 11.7 Å². The van der Waals surface area contributed by atoms with Gasteiger partial charge in [0.15, 0.2) is 16.7 Å². The van der Waals surface area contributed by atoms with Gasteiger partial charge in [0.1, 0.15) is 5.82 Å². The smallest absolute Gasteiger partial charge is 0.387 e. The van der Waals surface area contributed by atoms with Crippen LogP contribution in [0.4, 0.5) is 14.6 Å². The number of hydrogen-bond acceptors (Lipinski definition) is 9. The normalized spacial score (nSPS) is 11.2. The number of ether oxygens (including phenoxy) is 2. The Morgan fingerprint density at radius 3 is 2.72 bits per heavy atom. The third-order valence-corrected chi connectivity index (χ3v) is 5.19. The summed E-state index contributed by atoms with van der Waals surface area (Å²) in [5.74, 6) is 1.87. The lowest BCUT2D eigenvalue weighted by Crippen LogP contribution is -2.03. The molecule has 166 valence electrons. The molecule has 0 saturated heterocycles. The van der Waals surface area contributed by atoms with Crippen LogP contribution in [0.1, 0.15) is 12.8 Å². The van der Waals surface area contributed by atoms with Crippen LogP contribution < -0.4 is 14.8 Å². The Morgan fingerprint density at radius 1 is 1.09 bits per heavy atom. The van der Waals surface area contributed by atoms with Gasteiger partial charge in [-0.2, -0.15) is 13.8 Å². The molecule has 32 heavy (non-hydrogen) atoms. The van der Waals surface area contributed by atoms with Gasteiger partial charge in [-0.05, 0) is 37.3 Å². The number of rotatable bonds is 9. The number of methoxy groups -OCH3 is 1. The fraction of sp³-hybridized carbons (Fsp3) is 0.238. The van der Waals surface area contributed by atoms with E-state index in [1.54, 1.807) is 6.07 Å². The summed E-state index contributed by atoms with van der Waals surface area (Å²) >= 11 is 1.37. The highest BCUT2D eigenvalue weighted by Crippen LogP contribution is 2.33. The van der Waals surface area contributed by atoms with E-state index in [1.165, 1.54) is 31.0 Å². The first-order valence-electron chi connectivity index (χ1n) is 9.66. The largest absolute Gasteiger partial charge is 0.493 e. The van der Waals surface area contributed by atoms with Crippen molar-refractivity contribution in [3.05, 3.63) is 48.4 Å². The van der Waals surface area contributed by atoms with Crippen LogP contribution in [-0.2, 0) is 5.75 Å².